The highest BCUT2D eigenvalue weighted by Crippen LogP contribution is 2.44. The number of morpholine rings is 1. The zero-order valence-electron chi connectivity index (χ0n) is 21.6. The monoisotopic (exact) mass is 585 g/mol. The minimum Gasteiger partial charge on any atom is -0.378 e. The highest BCUT2D eigenvalue weighted by Gasteiger charge is 2.59. The third-order valence-corrected chi connectivity index (χ3v) is 8.47. The number of hydrogen-bond donors (Lipinski definition) is 0. The normalized spacial score (nSPS) is 15.2. The molecule has 0 atom stereocenters. The van der Waals surface area contributed by atoms with Gasteiger partial charge in [-0.05, 0) is 18.2 Å². The zero-order chi connectivity index (χ0) is 29.0. The molecular formula is C24H24F5N7O3S. The maximum absolute atomic E-state index is 14.0. The minimum absolute atomic E-state index is 0.0313. The van der Waals surface area contributed by atoms with Gasteiger partial charge in [-0.3, -0.25) is 0 Å². The van der Waals surface area contributed by atoms with Crippen LogP contribution in [0.2, 0.25) is 0 Å². The van der Waals surface area contributed by atoms with E-state index in [2.05, 4.69) is 19.9 Å². The van der Waals surface area contributed by atoms with Gasteiger partial charge in [0.25, 0.3) is 0 Å². The average molecular weight is 586 g/mol. The Labute approximate surface area is 225 Å². The van der Waals surface area contributed by atoms with Crippen LogP contribution >= 0.6 is 0 Å². The Kier molecular flexibility index (Phi) is 6.81. The maximum Gasteiger partial charge on any atom is 0.458 e. The fourth-order valence-electron chi connectivity index (χ4n) is 4.49. The molecule has 0 bridgehead atoms. The van der Waals surface area contributed by atoms with Gasteiger partial charge in [0.05, 0.1) is 24.5 Å². The molecule has 4 aromatic rings. The van der Waals surface area contributed by atoms with Gasteiger partial charge in [0, 0.05) is 33.4 Å². The van der Waals surface area contributed by atoms with E-state index in [9.17, 15) is 30.4 Å². The molecule has 0 amide bonds. The van der Waals surface area contributed by atoms with Crippen molar-refractivity contribution < 1.29 is 35.1 Å². The highest BCUT2D eigenvalue weighted by atomic mass is 32.2. The Bertz CT molecular complexity index is 1690. The lowest BCUT2D eigenvalue weighted by Crippen LogP contribution is -2.36. The molecule has 1 saturated heterocycles. The predicted octanol–water partition coefficient (Wildman–Crippen LogP) is 3.72. The first-order chi connectivity index (χ1) is 18.8. The third kappa shape index (κ3) is 4.58. The molecule has 214 valence electrons. The van der Waals surface area contributed by atoms with Crippen molar-refractivity contribution in [2.75, 3.05) is 37.0 Å². The number of hydrogen-bond acceptors (Lipinski definition) is 8. The molecule has 16 heteroatoms. The topological polar surface area (TPSA) is 108 Å². The van der Waals surface area contributed by atoms with Crippen molar-refractivity contribution in [1.29, 1.82) is 0 Å². The first-order valence-electron chi connectivity index (χ1n) is 12.1. The Balaban J connectivity index is 1.68. The van der Waals surface area contributed by atoms with E-state index in [4.69, 9.17) is 4.74 Å². The summed E-state index contributed by atoms with van der Waals surface area (Å²) >= 11 is 0. The third-order valence-electron chi connectivity index (χ3n) is 6.66. The van der Waals surface area contributed by atoms with Crippen LogP contribution in [0, 0.1) is 0 Å². The Hall–Kier alpha value is -3.66. The summed E-state index contributed by atoms with van der Waals surface area (Å²) in [5, 5.41) is -0.206. The molecule has 0 unspecified atom stereocenters. The number of halogens is 5. The maximum atomic E-state index is 14.0. The number of imidazole rings is 2. The van der Waals surface area contributed by atoms with E-state index >= 15 is 0 Å². The van der Waals surface area contributed by atoms with Gasteiger partial charge >= 0.3 is 12.1 Å². The van der Waals surface area contributed by atoms with Gasteiger partial charge in [-0.15, -0.1) is 0 Å². The Morgan fingerprint density at radius 1 is 0.975 bits per heavy atom. The van der Waals surface area contributed by atoms with Crippen molar-refractivity contribution >= 4 is 26.8 Å². The summed E-state index contributed by atoms with van der Waals surface area (Å²) < 4.78 is 101. The summed E-state index contributed by atoms with van der Waals surface area (Å²) in [6, 6.07) is 5.83. The number of ether oxygens (including phenoxy) is 1. The van der Waals surface area contributed by atoms with Gasteiger partial charge in [0.2, 0.25) is 0 Å². The fraction of sp³-hybridized carbons (Fsp3) is 0.417. The molecule has 5 rings (SSSR count). The lowest BCUT2D eigenvalue weighted by atomic mass is 10.1. The number of rotatable bonds is 6. The molecule has 0 aromatic carbocycles. The second-order valence-corrected chi connectivity index (χ2v) is 11.4. The molecule has 40 heavy (non-hydrogen) atoms. The van der Waals surface area contributed by atoms with Crippen LogP contribution in [-0.4, -0.2) is 75.7 Å². The fourth-order valence-corrected chi connectivity index (χ4v) is 5.70. The molecule has 4 aromatic heterocycles. The van der Waals surface area contributed by atoms with E-state index in [0.29, 0.717) is 50.1 Å². The van der Waals surface area contributed by atoms with Gasteiger partial charge in [-0.2, -0.15) is 22.0 Å². The smallest absolute Gasteiger partial charge is 0.378 e. The number of sulfone groups is 1. The van der Waals surface area contributed by atoms with Crippen molar-refractivity contribution in [3.05, 3.63) is 36.0 Å². The molecule has 0 spiro atoms. The van der Waals surface area contributed by atoms with Crippen LogP contribution in [0.1, 0.15) is 12.5 Å². The molecule has 0 saturated carbocycles. The molecule has 0 aliphatic carbocycles. The SMILES string of the molecule is CCS(=O)(=O)c1c(-c2nc3cc(C(F)(F)C(F)(F)F)cnc3n2C)nc(-c2cccc(N3CCOCC3)n2)n1C. The second kappa shape index (κ2) is 9.76. The number of nitrogens with zero attached hydrogens (tertiary/aromatic N) is 7. The van der Waals surface area contributed by atoms with Crippen molar-refractivity contribution in [3.63, 3.8) is 0 Å². The second-order valence-electron chi connectivity index (χ2n) is 9.17. The summed E-state index contributed by atoms with van der Waals surface area (Å²) in [6.45, 7) is 3.77. The van der Waals surface area contributed by atoms with Crippen LogP contribution in [0.15, 0.2) is 35.5 Å². The van der Waals surface area contributed by atoms with Gasteiger partial charge in [-0.25, -0.2) is 28.4 Å². The van der Waals surface area contributed by atoms with Crippen LogP contribution in [0.5, 0.6) is 0 Å². The predicted molar refractivity (Wildman–Crippen MR) is 135 cm³/mol. The van der Waals surface area contributed by atoms with E-state index in [1.807, 2.05) is 11.0 Å². The van der Waals surface area contributed by atoms with Crippen LogP contribution in [0.3, 0.4) is 0 Å². The number of anilines is 1. The van der Waals surface area contributed by atoms with Crippen LogP contribution in [-0.2, 0) is 34.6 Å². The first kappa shape index (κ1) is 27.9. The van der Waals surface area contributed by atoms with Gasteiger partial charge < -0.3 is 18.8 Å². The molecule has 1 aliphatic heterocycles. The van der Waals surface area contributed by atoms with E-state index in [0.717, 1.165) is 0 Å². The summed E-state index contributed by atoms with van der Waals surface area (Å²) in [7, 11) is -0.989. The number of aromatic nitrogens is 6. The van der Waals surface area contributed by atoms with E-state index in [1.165, 1.54) is 30.2 Å². The van der Waals surface area contributed by atoms with Crippen LogP contribution in [0.4, 0.5) is 27.8 Å². The molecule has 0 radical (unpaired) electrons. The highest BCUT2D eigenvalue weighted by molar-refractivity contribution is 7.91. The minimum atomic E-state index is -5.83. The van der Waals surface area contributed by atoms with Crippen molar-refractivity contribution in [3.8, 4) is 23.0 Å². The lowest BCUT2D eigenvalue weighted by molar-refractivity contribution is -0.289. The van der Waals surface area contributed by atoms with Crippen molar-refractivity contribution in [2.24, 2.45) is 14.1 Å². The number of pyridine rings is 2. The van der Waals surface area contributed by atoms with Crippen molar-refractivity contribution in [1.82, 2.24) is 29.1 Å². The lowest BCUT2D eigenvalue weighted by Gasteiger charge is -2.28. The first-order valence-corrected chi connectivity index (χ1v) is 13.8. The summed E-state index contributed by atoms with van der Waals surface area (Å²) in [4.78, 5) is 19.2. The van der Waals surface area contributed by atoms with Crippen LogP contribution < -0.4 is 4.90 Å². The van der Waals surface area contributed by atoms with Gasteiger partial charge in [-0.1, -0.05) is 13.0 Å². The van der Waals surface area contributed by atoms with Crippen LogP contribution in [0.25, 0.3) is 34.2 Å². The quantitative estimate of drug-likeness (QED) is 0.315. The number of fused-ring (bicyclic) bond motifs is 1. The average Bonchev–Trinajstić information content (AvgIpc) is 3.45. The summed E-state index contributed by atoms with van der Waals surface area (Å²) in [6.07, 6.45) is -5.41. The van der Waals surface area contributed by atoms with Gasteiger partial charge in [0.15, 0.2) is 32.2 Å². The Morgan fingerprint density at radius 2 is 1.68 bits per heavy atom. The summed E-state index contributed by atoms with van der Waals surface area (Å²) in [5.74, 6) is -4.67. The zero-order valence-corrected chi connectivity index (χ0v) is 22.4. The molecule has 0 N–H and O–H groups in total. The van der Waals surface area contributed by atoms with E-state index in [1.54, 1.807) is 12.1 Å². The van der Waals surface area contributed by atoms with E-state index in [-0.39, 0.29) is 39.3 Å². The molecule has 5 heterocycles. The largest absolute Gasteiger partial charge is 0.458 e. The van der Waals surface area contributed by atoms with E-state index < -0.39 is 27.5 Å². The number of alkyl halides is 5. The Morgan fingerprint density at radius 3 is 2.33 bits per heavy atom. The van der Waals surface area contributed by atoms with Gasteiger partial charge in [0.1, 0.15) is 22.7 Å². The molecule has 1 aliphatic rings. The molecular weight excluding hydrogens is 561 g/mol. The summed E-state index contributed by atoms with van der Waals surface area (Å²) in [5.41, 5.74) is -1.43. The molecule has 1 fully saturated rings. The molecule has 10 nitrogen and oxygen atoms in total. The standard InChI is InChI=1S/C24H24F5N7O3S/c1-4-40(37,38)22-18(21-32-16-12-14(13-30-19(16)34(21)2)23(25,26)24(27,28)29)33-20(35(22)3)15-6-5-7-17(31-15)36-8-10-39-11-9-36/h5-7,12-13H,4,8-11H2,1-3H3. The van der Waals surface area contributed by atoms with Crippen molar-refractivity contribution in [2.45, 2.75) is 24.0 Å². The number of aryl methyl sites for hydroxylation is 1.